The van der Waals surface area contributed by atoms with Crippen LogP contribution in [0, 0.1) is 6.92 Å². The van der Waals surface area contributed by atoms with E-state index < -0.39 is 11.2 Å². The molecule has 0 spiro atoms. The van der Waals surface area contributed by atoms with Crippen LogP contribution in [-0.2, 0) is 13.1 Å². The van der Waals surface area contributed by atoms with Gasteiger partial charge in [0.25, 0.3) is 11.5 Å². The summed E-state index contributed by atoms with van der Waals surface area (Å²) in [6.07, 6.45) is 0. The minimum absolute atomic E-state index is 0.114. The summed E-state index contributed by atoms with van der Waals surface area (Å²) < 4.78 is 0. The zero-order valence-corrected chi connectivity index (χ0v) is 16.2. The number of rotatable bonds is 1. The molecule has 7 heteroatoms. The fourth-order valence-corrected chi connectivity index (χ4v) is 4.08. The third-order valence-electron chi connectivity index (χ3n) is 5.46. The summed E-state index contributed by atoms with van der Waals surface area (Å²) in [5.74, 6) is -0.257. The summed E-state index contributed by atoms with van der Waals surface area (Å²) in [7, 11) is 0. The number of hydrogen-bond acceptors (Lipinski definition) is 4. The maximum atomic E-state index is 13.4. The van der Waals surface area contributed by atoms with Gasteiger partial charge in [0.2, 0.25) is 0 Å². The molecule has 0 radical (unpaired) electrons. The van der Waals surface area contributed by atoms with Gasteiger partial charge in [-0.1, -0.05) is 48.5 Å². The second kappa shape index (κ2) is 6.81. The molecule has 7 nitrogen and oxygen atoms in total. The summed E-state index contributed by atoms with van der Waals surface area (Å²) >= 11 is 0. The van der Waals surface area contributed by atoms with Crippen molar-refractivity contribution in [3.63, 3.8) is 0 Å². The summed E-state index contributed by atoms with van der Waals surface area (Å²) in [5, 5.41) is 0.276. The molecule has 1 amide bonds. The molecule has 5 rings (SSSR count). The molecule has 0 bridgehead atoms. The minimum atomic E-state index is -0.651. The zero-order chi connectivity index (χ0) is 20.8. The fourth-order valence-electron chi connectivity index (χ4n) is 4.08. The van der Waals surface area contributed by atoms with Crippen LogP contribution < -0.4 is 11.2 Å². The normalized spacial score (nSPS) is 12.9. The Kier molecular flexibility index (Phi) is 4.10. The van der Waals surface area contributed by atoms with Gasteiger partial charge in [-0.15, -0.1) is 0 Å². The van der Waals surface area contributed by atoms with Gasteiger partial charge in [-0.25, -0.2) is 9.78 Å². The Balaban J connectivity index is 1.62. The van der Waals surface area contributed by atoms with Gasteiger partial charge >= 0.3 is 5.69 Å². The van der Waals surface area contributed by atoms with Crippen molar-refractivity contribution in [1.82, 2.24) is 19.9 Å². The summed E-state index contributed by atoms with van der Waals surface area (Å²) in [4.78, 5) is 48.0. The van der Waals surface area contributed by atoms with Crippen molar-refractivity contribution in [3.05, 3.63) is 97.8 Å². The number of benzene rings is 2. The number of nitrogens with one attached hydrogen (secondary N) is 2. The number of pyridine rings is 1. The number of H-pyrrole nitrogens is 2. The molecule has 1 aliphatic rings. The summed E-state index contributed by atoms with van der Waals surface area (Å²) in [6.45, 7) is 2.60. The highest BCUT2D eigenvalue weighted by molar-refractivity contribution is 5.95. The van der Waals surface area contributed by atoms with Crippen molar-refractivity contribution in [2.75, 3.05) is 0 Å². The monoisotopic (exact) mass is 398 g/mol. The Labute approximate surface area is 171 Å². The predicted molar refractivity (Wildman–Crippen MR) is 113 cm³/mol. The number of carbonyl (C=O) groups is 1. The molecule has 0 aliphatic carbocycles. The molecule has 3 heterocycles. The van der Waals surface area contributed by atoms with E-state index in [0.29, 0.717) is 18.7 Å². The molecule has 30 heavy (non-hydrogen) atoms. The van der Waals surface area contributed by atoms with Crippen molar-refractivity contribution < 1.29 is 4.79 Å². The molecule has 1 aliphatic heterocycles. The molecule has 2 N–H and O–H groups in total. The predicted octanol–water partition coefficient (Wildman–Crippen LogP) is 2.74. The van der Waals surface area contributed by atoms with Crippen LogP contribution in [0.15, 0.2) is 64.2 Å². The lowest BCUT2D eigenvalue weighted by Gasteiger charge is -2.21. The number of nitrogens with zero attached hydrogens (tertiary/aromatic N) is 2. The summed E-state index contributed by atoms with van der Waals surface area (Å²) in [6, 6.07) is 17.7. The van der Waals surface area contributed by atoms with Gasteiger partial charge in [0.1, 0.15) is 11.3 Å². The van der Waals surface area contributed by atoms with E-state index in [0.717, 1.165) is 22.3 Å². The van der Waals surface area contributed by atoms with Crippen LogP contribution in [0.1, 0.15) is 27.2 Å². The van der Waals surface area contributed by atoms with Crippen molar-refractivity contribution in [3.8, 4) is 11.1 Å². The molecule has 0 atom stereocenters. The molecule has 0 saturated heterocycles. The largest absolute Gasteiger partial charge is 0.329 e. The van der Waals surface area contributed by atoms with Crippen LogP contribution >= 0.6 is 0 Å². The number of hydrogen-bond donors (Lipinski definition) is 2. The van der Waals surface area contributed by atoms with Crippen molar-refractivity contribution in [2.24, 2.45) is 0 Å². The Hall–Kier alpha value is -4.00. The maximum Gasteiger partial charge on any atom is 0.327 e. The first-order valence-corrected chi connectivity index (χ1v) is 9.60. The number of aromatic nitrogens is 3. The molecular weight excluding hydrogens is 380 g/mol. The lowest BCUT2D eigenvalue weighted by Crippen LogP contribution is -2.31. The van der Waals surface area contributed by atoms with Gasteiger partial charge in [-0.3, -0.25) is 19.6 Å². The first kappa shape index (κ1) is 18.1. The van der Waals surface area contributed by atoms with Gasteiger partial charge in [-0.2, -0.15) is 0 Å². The third-order valence-corrected chi connectivity index (χ3v) is 5.46. The van der Waals surface area contributed by atoms with Crippen molar-refractivity contribution >= 4 is 16.9 Å². The van der Waals surface area contributed by atoms with Gasteiger partial charge in [0, 0.05) is 13.1 Å². The first-order valence-electron chi connectivity index (χ1n) is 9.60. The van der Waals surface area contributed by atoms with Crippen LogP contribution in [0.5, 0.6) is 0 Å². The van der Waals surface area contributed by atoms with Crippen LogP contribution in [0.25, 0.3) is 22.2 Å². The van der Waals surface area contributed by atoms with E-state index in [1.165, 1.54) is 0 Å². The molecular formula is C23H18N4O3. The second-order valence-corrected chi connectivity index (χ2v) is 7.43. The number of carbonyl (C=O) groups excluding carboxylic acids is 1. The lowest BCUT2D eigenvalue weighted by molar-refractivity contribution is 0.0726. The van der Waals surface area contributed by atoms with Crippen LogP contribution in [0.3, 0.4) is 0 Å². The SMILES string of the molecule is Cc1cc(C(=O)N2Cc3ccccc3-c3ccccc3C2)nc2[nH]c(=O)[nH]c(=O)c12. The molecule has 4 aromatic rings. The summed E-state index contributed by atoms with van der Waals surface area (Å²) in [5.41, 5.74) is 4.05. The number of amides is 1. The quantitative estimate of drug-likeness (QED) is 0.515. The van der Waals surface area contributed by atoms with Crippen molar-refractivity contribution in [2.45, 2.75) is 20.0 Å². The minimum Gasteiger partial charge on any atom is -0.329 e. The lowest BCUT2D eigenvalue weighted by atomic mass is 9.97. The van der Waals surface area contributed by atoms with Crippen LogP contribution in [-0.4, -0.2) is 25.8 Å². The Morgan fingerprint density at radius 1 is 0.933 bits per heavy atom. The standard InChI is InChI=1S/C23H18N4O3/c1-13-10-18(24-20-19(13)21(28)26-23(30)25-20)22(29)27-11-14-6-2-4-8-16(14)17-9-5-3-7-15(17)12-27/h2-10H,11-12H2,1H3,(H2,24,25,26,28,30). The highest BCUT2D eigenvalue weighted by atomic mass is 16.2. The average molecular weight is 398 g/mol. The van der Waals surface area contributed by atoms with Gasteiger partial charge in [0.15, 0.2) is 0 Å². The zero-order valence-electron chi connectivity index (χ0n) is 16.2. The van der Waals surface area contributed by atoms with E-state index in [2.05, 4.69) is 27.1 Å². The molecule has 0 unspecified atom stereocenters. The fraction of sp³-hybridized carbons (Fsp3) is 0.130. The average Bonchev–Trinajstić information content (AvgIpc) is 2.89. The third kappa shape index (κ3) is 2.91. The smallest absolute Gasteiger partial charge is 0.327 e. The van der Waals surface area contributed by atoms with E-state index in [-0.39, 0.29) is 22.6 Å². The molecule has 0 saturated carbocycles. The Morgan fingerprint density at radius 2 is 1.53 bits per heavy atom. The Morgan fingerprint density at radius 3 is 2.17 bits per heavy atom. The van der Waals surface area contributed by atoms with E-state index in [1.807, 2.05) is 36.4 Å². The second-order valence-electron chi connectivity index (χ2n) is 7.43. The van der Waals surface area contributed by atoms with E-state index in [4.69, 9.17) is 0 Å². The van der Waals surface area contributed by atoms with Crippen molar-refractivity contribution in [1.29, 1.82) is 0 Å². The van der Waals surface area contributed by atoms with Gasteiger partial charge in [0.05, 0.1) is 5.39 Å². The Bertz CT molecular complexity index is 1390. The van der Waals surface area contributed by atoms with Gasteiger partial charge < -0.3 is 4.90 Å². The van der Waals surface area contributed by atoms with E-state index >= 15 is 0 Å². The molecule has 148 valence electrons. The van der Waals surface area contributed by atoms with E-state index in [9.17, 15) is 14.4 Å². The first-order chi connectivity index (χ1) is 14.5. The van der Waals surface area contributed by atoms with Gasteiger partial charge in [-0.05, 0) is 40.8 Å². The number of fused-ring (bicyclic) bond motifs is 4. The topological polar surface area (TPSA) is 98.9 Å². The highest BCUT2D eigenvalue weighted by Gasteiger charge is 2.25. The van der Waals surface area contributed by atoms with Crippen LogP contribution in [0.4, 0.5) is 0 Å². The van der Waals surface area contributed by atoms with E-state index in [1.54, 1.807) is 17.9 Å². The van der Waals surface area contributed by atoms with Crippen LogP contribution in [0.2, 0.25) is 0 Å². The highest BCUT2D eigenvalue weighted by Crippen LogP contribution is 2.32. The number of aromatic amines is 2. The molecule has 2 aromatic heterocycles. The number of aryl methyl sites for hydroxylation is 1. The maximum absolute atomic E-state index is 13.4. The molecule has 0 fully saturated rings. The molecule has 2 aromatic carbocycles.